The second-order valence-corrected chi connectivity index (χ2v) is 7.44. The van der Waals surface area contributed by atoms with Crippen molar-refractivity contribution in [3.63, 3.8) is 0 Å². The van der Waals surface area contributed by atoms with Gasteiger partial charge in [-0.05, 0) is 36.2 Å². The van der Waals surface area contributed by atoms with Gasteiger partial charge in [-0.25, -0.2) is 8.42 Å². The number of hydrogen-bond donors (Lipinski definition) is 1. The van der Waals surface area contributed by atoms with Crippen molar-refractivity contribution >= 4 is 20.6 Å². The largest absolute Gasteiger partial charge is 0.313 e. The summed E-state index contributed by atoms with van der Waals surface area (Å²) in [5.74, 6) is 0.246. The molecule has 0 fully saturated rings. The fourth-order valence-electron chi connectivity index (χ4n) is 2.56. The van der Waals surface area contributed by atoms with Crippen LogP contribution in [0.3, 0.4) is 0 Å². The molecule has 0 amide bonds. The van der Waals surface area contributed by atoms with Gasteiger partial charge in [0.15, 0.2) is 0 Å². The van der Waals surface area contributed by atoms with E-state index in [0.29, 0.717) is 6.42 Å². The highest BCUT2D eigenvalue weighted by Crippen LogP contribution is 2.26. The first kappa shape index (κ1) is 15.0. The summed E-state index contributed by atoms with van der Waals surface area (Å²) >= 11 is 0. The third-order valence-corrected chi connectivity index (χ3v) is 4.59. The van der Waals surface area contributed by atoms with E-state index in [1.165, 1.54) is 22.6 Å². The summed E-state index contributed by atoms with van der Waals surface area (Å²) in [5.41, 5.74) is 1.24. The maximum absolute atomic E-state index is 11.2. The van der Waals surface area contributed by atoms with Crippen LogP contribution in [0, 0.1) is 0 Å². The van der Waals surface area contributed by atoms with Gasteiger partial charge in [0.2, 0.25) is 0 Å². The number of nitrogens with one attached hydrogen (secondary N) is 1. The SMILES string of the molecule is CNC(CCCS(C)(=O)=O)c1cccc2ccccc12. The lowest BCUT2D eigenvalue weighted by molar-refractivity contribution is 0.539. The van der Waals surface area contributed by atoms with Crippen molar-refractivity contribution in [2.75, 3.05) is 19.1 Å². The summed E-state index contributed by atoms with van der Waals surface area (Å²) < 4.78 is 22.5. The van der Waals surface area contributed by atoms with Gasteiger partial charge in [0.25, 0.3) is 0 Å². The molecule has 0 aliphatic carbocycles. The van der Waals surface area contributed by atoms with E-state index >= 15 is 0 Å². The highest BCUT2D eigenvalue weighted by molar-refractivity contribution is 7.90. The zero-order valence-electron chi connectivity index (χ0n) is 12.0. The van der Waals surface area contributed by atoms with Gasteiger partial charge in [0.1, 0.15) is 9.84 Å². The number of hydrogen-bond acceptors (Lipinski definition) is 3. The molecule has 0 aromatic heterocycles. The maximum Gasteiger partial charge on any atom is 0.147 e. The maximum atomic E-state index is 11.2. The smallest absolute Gasteiger partial charge is 0.147 e. The third kappa shape index (κ3) is 3.81. The van der Waals surface area contributed by atoms with Crippen molar-refractivity contribution in [1.82, 2.24) is 5.32 Å². The molecule has 0 spiro atoms. The van der Waals surface area contributed by atoms with E-state index in [1.807, 2.05) is 19.2 Å². The molecule has 1 unspecified atom stereocenters. The predicted octanol–water partition coefficient (Wildman–Crippen LogP) is 2.93. The predicted molar refractivity (Wildman–Crippen MR) is 84.7 cm³/mol. The summed E-state index contributed by atoms with van der Waals surface area (Å²) in [7, 11) is -0.957. The number of sulfone groups is 1. The molecule has 0 aliphatic heterocycles. The molecule has 4 heteroatoms. The summed E-state index contributed by atoms with van der Waals surface area (Å²) in [5, 5.41) is 5.75. The molecule has 3 nitrogen and oxygen atoms in total. The minimum Gasteiger partial charge on any atom is -0.313 e. The lowest BCUT2D eigenvalue weighted by Gasteiger charge is -2.18. The molecule has 20 heavy (non-hydrogen) atoms. The van der Waals surface area contributed by atoms with Crippen molar-refractivity contribution in [2.24, 2.45) is 0 Å². The topological polar surface area (TPSA) is 46.2 Å². The Morgan fingerprint density at radius 2 is 1.80 bits per heavy atom. The van der Waals surface area contributed by atoms with E-state index in [-0.39, 0.29) is 11.8 Å². The van der Waals surface area contributed by atoms with Crippen LogP contribution in [-0.4, -0.2) is 27.5 Å². The first-order valence-electron chi connectivity index (χ1n) is 6.84. The molecule has 2 aromatic rings. The fraction of sp³-hybridized carbons (Fsp3) is 0.375. The molecule has 0 radical (unpaired) electrons. The Bertz CT molecular complexity index is 674. The Labute approximate surface area is 120 Å². The van der Waals surface area contributed by atoms with Crippen molar-refractivity contribution < 1.29 is 8.42 Å². The van der Waals surface area contributed by atoms with Crippen molar-refractivity contribution in [2.45, 2.75) is 18.9 Å². The standard InChI is InChI=1S/C16H21NO2S/c1-17-16(11-6-12-20(2,18)19)15-10-5-8-13-7-3-4-9-14(13)15/h3-5,7-10,16-17H,6,11-12H2,1-2H3. The molecule has 0 heterocycles. The van der Waals surface area contributed by atoms with Gasteiger partial charge < -0.3 is 5.32 Å². The Hall–Kier alpha value is -1.39. The van der Waals surface area contributed by atoms with E-state index < -0.39 is 9.84 Å². The Morgan fingerprint density at radius 1 is 1.10 bits per heavy atom. The Balaban J connectivity index is 2.21. The van der Waals surface area contributed by atoms with Crippen molar-refractivity contribution in [3.8, 4) is 0 Å². The Kier molecular flexibility index (Phi) is 4.78. The number of fused-ring (bicyclic) bond motifs is 1. The van der Waals surface area contributed by atoms with Gasteiger partial charge in [-0.15, -0.1) is 0 Å². The average Bonchev–Trinajstić information content (AvgIpc) is 2.42. The highest BCUT2D eigenvalue weighted by atomic mass is 32.2. The van der Waals surface area contributed by atoms with E-state index in [1.54, 1.807) is 0 Å². The van der Waals surface area contributed by atoms with Crippen molar-refractivity contribution in [1.29, 1.82) is 0 Å². The summed E-state index contributed by atoms with van der Waals surface area (Å²) in [6.07, 6.45) is 2.78. The monoisotopic (exact) mass is 291 g/mol. The van der Waals surface area contributed by atoms with Crippen LogP contribution in [0.1, 0.15) is 24.4 Å². The highest BCUT2D eigenvalue weighted by Gasteiger charge is 2.13. The first-order valence-corrected chi connectivity index (χ1v) is 8.90. The van der Waals surface area contributed by atoms with Crippen LogP contribution < -0.4 is 5.32 Å². The normalized spacial score (nSPS) is 13.5. The summed E-state index contributed by atoms with van der Waals surface area (Å²) in [4.78, 5) is 0. The molecular formula is C16H21NO2S. The van der Waals surface area contributed by atoms with E-state index in [4.69, 9.17) is 0 Å². The zero-order valence-corrected chi connectivity index (χ0v) is 12.8. The number of rotatable bonds is 6. The fourth-order valence-corrected chi connectivity index (χ4v) is 3.25. The van der Waals surface area contributed by atoms with Crippen LogP contribution >= 0.6 is 0 Å². The minimum atomic E-state index is -2.88. The molecule has 108 valence electrons. The van der Waals surface area contributed by atoms with Gasteiger partial charge in [0, 0.05) is 18.1 Å². The lowest BCUT2D eigenvalue weighted by atomic mass is 9.96. The van der Waals surface area contributed by atoms with Crippen LogP contribution in [0.25, 0.3) is 10.8 Å². The second-order valence-electron chi connectivity index (χ2n) is 5.18. The van der Waals surface area contributed by atoms with Gasteiger partial charge in [0.05, 0.1) is 0 Å². The van der Waals surface area contributed by atoms with E-state index in [9.17, 15) is 8.42 Å². The quantitative estimate of drug-likeness (QED) is 0.890. The summed E-state index contributed by atoms with van der Waals surface area (Å²) in [6.45, 7) is 0. The molecule has 0 aliphatic rings. The van der Waals surface area contributed by atoms with Gasteiger partial charge in [-0.1, -0.05) is 42.5 Å². The van der Waals surface area contributed by atoms with E-state index in [2.05, 4.69) is 35.6 Å². The molecule has 1 atom stereocenters. The molecule has 1 N–H and O–H groups in total. The van der Waals surface area contributed by atoms with E-state index in [0.717, 1.165) is 6.42 Å². The Morgan fingerprint density at radius 3 is 2.50 bits per heavy atom. The molecule has 0 bridgehead atoms. The average molecular weight is 291 g/mol. The van der Waals surface area contributed by atoms with Crippen LogP contribution in [0.15, 0.2) is 42.5 Å². The van der Waals surface area contributed by atoms with Crippen LogP contribution in [0.4, 0.5) is 0 Å². The molecule has 2 aromatic carbocycles. The molecule has 0 saturated heterocycles. The lowest BCUT2D eigenvalue weighted by Crippen LogP contribution is -2.18. The third-order valence-electron chi connectivity index (χ3n) is 3.56. The van der Waals surface area contributed by atoms with Crippen LogP contribution in [-0.2, 0) is 9.84 Å². The van der Waals surface area contributed by atoms with Gasteiger partial charge >= 0.3 is 0 Å². The van der Waals surface area contributed by atoms with Crippen molar-refractivity contribution in [3.05, 3.63) is 48.0 Å². The van der Waals surface area contributed by atoms with Crippen LogP contribution in [0.5, 0.6) is 0 Å². The molecule has 0 saturated carbocycles. The number of benzene rings is 2. The molecular weight excluding hydrogens is 270 g/mol. The summed E-state index contributed by atoms with van der Waals surface area (Å²) in [6, 6.07) is 14.7. The minimum absolute atomic E-state index is 0.183. The van der Waals surface area contributed by atoms with Gasteiger partial charge in [-0.2, -0.15) is 0 Å². The first-order chi connectivity index (χ1) is 9.51. The molecule has 2 rings (SSSR count). The van der Waals surface area contributed by atoms with Gasteiger partial charge in [-0.3, -0.25) is 0 Å². The van der Waals surface area contributed by atoms with Crippen LogP contribution in [0.2, 0.25) is 0 Å². The zero-order chi connectivity index (χ0) is 14.6. The second kappa shape index (κ2) is 6.37.